The maximum absolute atomic E-state index is 12.7. The van der Waals surface area contributed by atoms with Crippen molar-refractivity contribution in [2.45, 2.75) is 71.9 Å². The molecule has 0 bridgehead atoms. The quantitative estimate of drug-likeness (QED) is 0.794. The average molecular weight is 386 g/mol. The van der Waals surface area contributed by atoms with Crippen molar-refractivity contribution in [1.29, 1.82) is 0 Å². The summed E-state index contributed by atoms with van der Waals surface area (Å²) in [5.41, 5.74) is 0.914. The van der Waals surface area contributed by atoms with Crippen LogP contribution in [-0.4, -0.2) is 22.0 Å². The van der Waals surface area contributed by atoms with E-state index in [9.17, 15) is 9.59 Å². The molecule has 0 aliphatic rings. The van der Waals surface area contributed by atoms with E-state index in [1.165, 1.54) is 6.92 Å². The van der Waals surface area contributed by atoms with E-state index in [0.29, 0.717) is 11.7 Å². The second-order valence-electron chi connectivity index (χ2n) is 8.71. The Labute approximate surface area is 166 Å². The minimum atomic E-state index is -0.807. The number of hydrogen-bond acceptors (Lipinski definition) is 5. The molecule has 2 rings (SSSR count). The Hall–Kier alpha value is -2.70. The lowest BCUT2D eigenvalue weighted by Gasteiger charge is -2.25. The fraction of sp³-hybridized carbons (Fsp3) is 0.524. The van der Waals surface area contributed by atoms with Gasteiger partial charge in [-0.1, -0.05) is 55.8 Å². The molecule has 1 aromatic carbocycles. The third-order valence-corrected chi connectivity index (χ3v) is 4.33. The van der Waals surface area contributed by atoms with Crippen molar-refractivity contribution in [2.75, 3.05) is 0 Å². The summed E-state index contributed by atoms with van der Waals surface area (Å²) < 4.78 is 5.34. The van der Waals surface area contributed by atoms with Crippen LogP contribution in [0, 0.1) is 6.92 Å². The summed E-state index contributed by atoms with van der Waals surface area (Å²) in [6.07, 6.45) is 0.107. The molecule has 2 aromatic rings. The van der Waals surface area contributed by atoms with E-state index in [1.807, 2.05) is 65.8 Å². The highest BCUT2D eigenvalue weighted by molar-refractivity contribution is 5.79. The van der Waals surface area contributed by atoms with Crippen LogP contribution >= 0.6 is 0 Å². The predicted molar refractivity (Wildman–Crippen MR) is 107 cm³/mol. The lowest BCUT2D eigenvalue weighted by Crippen LogP contribution is -2.43. The number of nitrogens with one attached hydrogen (secondary N) is 2. The van der Waals surface area contributed by atoms with Crippen LogP contribution in [0.4, 0.5) is 0 Å². The van der Waals surface area contributed by atoms with Crippen LogP contribution in [0.2, 0.25) is 0 Å². The number of amides is 2. The molecule has 0 radical (unpaired) electrons. The zero-order valence-corrected chi connectivity index (χ0v) is 17.7. The summed E-state index contributed by atoms with van der Waals surface area (Å²) in [5, 5.41) is 9.83. The monoisotopic (exact) mass is 386 g/mol. The fourth-order valence-corrected chi connectivity index (χ4v) is 2.72. The average Bonchev–Trinajstić information content (AvgIpc) is 3.05. The molecule has 0 aliphatic carbocycles. The van der Waals surface area contributed by atoms with Crippen LogP contribution in [0.1, 0.15) is 76.8 Å². The second-order valence-corrected chi connectivity index (χ2v) is 8.71. The number of hydrogen-bond donors (Lipinski definition) is 2. The molecule has 1 aromatic heterocycles. The van der Waals surface area contributed by atoms with Gasteiger partial charge in [0.15, 0.2) is 5.82 Å². The molecule has 7 nitrogen and oxygen atoms in total. The molecule has 1 atom stereocenters. The molecule has 28 heavy (non-hydrogen) atoms. The van der Waals surface area contributed by atoms with Gasteiger partial charge in [-0.3, -0.25) is 9.59 Å². The van der Waals surface area contributed by atoms with Gasteiger partial charge >= 0.3 is 0 Å². The van der Waals surface area contributed by atoms with Crippen molar-refractivity contribution in [3.8, 4) is 0 Å². The van der Waals surface area contributed by atoms with E-state index in [-0.39, 0.29) is 23.7 Å². The molecule has 0 fully saturated rings. The van der Waals surface area contributed by atoms with E-state index < -0.39 is 11.6 Å². The molecule has 2 N–H and O–H groups in total. The maximum atomic E-state index is 12.7. The van der Waals surface area contributed by atoms with Gasteiger partial charge in [0.1, 0.15) is 0 Å². The highest BCUT2D eigenvalue weighted by atomic mass is 16.5. The molecular formula is C21H30N4O3. The van der Waals surface area contributed by atoms with Gasteiger partial charge in [0.2, 0.25) is 17.7 Å². The SMILES string of the molecule is CC(=O)NC(CC(=O)NC(C)(C)c1noc(C(C)(C)C)n1)c1ccc(C)cc1. The van der Waals surface area contributed by atoms with E-state index >= 15 is 0 Å². The number of carbonyl (C=O) groups is 2. The molecule has 1 heterocycles. The van der Waals surface area contributed by atoms with Crippen LogP contribution in [0.5, 0.6) is 0 Å². The standard InChI is InChI=1S/C21H30N4O3/c1-13-8-10-15(11-9-13)16(22-14(2)26)12-17(27)24-21(6,7)18-23-19(28-25-18)20(3,4)5/h8-11,16H,12H2,1-7H3,(H,22,26)(H,24,27). The highest BCUT2D eigenvalue weighted by Gasteiger charge is 2.32. The molecule has 2 amide bonds. The van der Waals surface area contributed by atoms with Crippen LogP contribution in [0.3, 0.4) is 0 Å². The van der Waals surface area contributed by atoms with Gasteiger partial charge in [-0.25, -0.2) is 0 Å². The second kappa shape index (κ2) is 8.12. The van der Waals surface area contributed by atoms with Crippen molar-refractivity contribution in [3.05, 3.63) is 47.1 Å². The van der Waals surface area contributed by atoms with Crippen molar-refractivity contribution in [3.63, 3.8) is 0 Å². The summed E-state index contributed by atoms with van der Waals surface area (Å²) >= 11 is 0. The molecule has 0 aliphatic heterocycles. The lowest BCUT2D eigenvalue weighted by atomic mass is 9.96. The zero-order valence-electron chi connectivity index (χ0n) is 17.7. The first kappa shape index (κ1) is 21.6. The largest absolute Gasteiger partial charge is 0.349 e. The van der Waals surface area contributed by atoms with E-state index in [1.54, 1.807) is 0 Å². The number of carbonyl (C=O) groups excluding carboxylic acids is 2. The zero-order chi connectivity index (χ0) is 21.1. The molecule has 7 heteroatoms. The topological polar surface area (TPSA) is 97.1 Å². The Morgan fingerprint density at radius 3 is 2.21 bits per heavy atom. The third-order valence-electron chi connectivity index (χ3n) is 4.33. The van der Waals surface area contributed by atoms with Crippen molar-refractivity contribution in [1.82, 2.24) is 20.8 Å². The number of rotatable bonds is 6. The summed E-state index contributed by atoms with van der Waals surface area (Å²) in [7, 11) is 0. The normalized spacial score (nSPS) is 13.1. The minimum Gasteiger partial charge on any atom is -0.349 e. The predicted octanol–water partition coefficient (Wildman–Crippen LogP) is 3.29. The van der Waals surface area contributed by atoms with Gasteiger partial charge in [-0.15, -0.1) is 0 Å². The van der Waals surface area contributed by atoms with E-state index in [4.69, 9.17) is 4.52 Å². The lowest BCUT2D eigenvalue weighted by molar-refractivity contribution is -0.124. The third kappa shape index (κ3) is 5.65. The van der Waals surface area contributed by atoms with Crippen LogP contribution in [0.25, 0.3) is 0 Å². The Kier molecular flexibility index (Phi) is 6.27. The minimum absolute atomic E-state index is 0.107. The summed E-state index contributed by atoms with van der Waals surface area (Å²) in [4.78, 5) is 28.8. The van der Waals surface area contributed by atoms with Gasteiger partial charge in [-0.05, 0) is 26.3 Å². The van der Waals surface area contributed by atoms with Crippen molar-refractivity contribution < 1.29 is 14.1 Å². The first-order valence-electron chi connectivity index (χ1n) is 9.38. The van der Waals surface area contributed by atoms with Gasteiger partial charge in [0, 0.05) is 12.3 Å². The molecule has 1 unspecified atom stereocenters. The summed E-state index contributed by atoms with van der Waals surface area (Å²) in [6, 6.07) is 7.34. The maximum Gasteiger partial charge on any atom is 0.232 e. The van der Waals surface area contributed by atoms with Gasteiger partial charge in [0.25, 0.3) is 0 Å². The fourth-order valence-electron chi connectivity index (χ4n) is 2.72. The Morgan fingerprint density at radius 2 is 1.71 bits per heavy atom. The van der Waals surface area contributed by atoms with E-state index in [0.717, 1.165) is 11.1 Å². The number of aromatic nitrogens is 2. The summed E-state index contributed by atoms with van der Waals surface area (Å²) in [5.74, 6) is 0.523. The van der Waals surface area contributed by atoms with E-state index in [2.05, 4.69) is 20.8 Å². The van der Waals surface area contributed by atoms with Crippen molar-refractivity contribution >= 4 is 11.8 Å². The molecule has 0 saturated carbocycles. The molecule has 0 spiro atoms. The van der Waals surface area contributed by atoms with Gasteiger partial charge in [-0.2, -0.15) is 4.98 Å². The molecule has 152 valence electrons. The Morgan fingerprint density at radius 1 is 1.11 bits per heavy atom. The molecular weight excluding hydrogens is 356 g/mol. The van der Waals surface area contributed by atoms with Gasteiger partial charge in [0.05, 0.1) is 18.0 Å². The van der Waals surface area contributed by atoms with Crippen molar-refractivity contribution in [2.24, 2.45) is 0 Å². The van der Waals surface area contributed by atoms with Crippen LogP contribution < -0.4 is 10.6 Å². The number of benzene rings is 1. The van der Waals surface area contributed by atoms with Crippen LogP contribution in [-0.2, 0) is 20.5 Å². The highest BCUT2D eigenvalue weighted by Crippen LogP contribution is 2.25. The first-order chi connectivity index (χ1) is 12.9. The van der Waals surface area contributed by atoms with Gasteiger partial charge < -0.3 is 15.2 Å². The number of aryl methyl sites for hydroxylation is 1. The summed E-state index contributed by atoms with van der Waals surface area (Å²) in [6.45, 7) is 13.0. The molecule has 0 saturated heterocycles. The number of nitrogens with zero attached hydrogens (tertiary/aromatic N) is 2. The Bertz CT molecular complexity index is 832. The first-order valence-corrected chi connectivity index (χ1v) is 9.38. The Balaban J connectivity index is 2.13. The smallest absolute Gasteiger partial charge is 0.232 e. The van der Waals surface area contributed by atoms with Crippen LogP contribution in [0.15, 0.2) is 28.8 Å².